The van der Waals surface area contributed by atoms with Gasteiger partial charge in [0.15, 0.2) is 0 Å². The molecule has 2 nitrogen and oxygen atoms in total. The first-order valence-electron chi connectivity index (χ1n) is 4.56. The summed E-state index contributed by atoms with van der Waals surface area (Å²) in [6.45, 7) is 2.50. The Morgan fingerprint density at radius 3 is 1.62 bits per heavy atom. The Balaban J connectivity index is 0.000000206. The van der Waals surface area contributed by atoms with Crippen LogP contribution in [0.25, 0.3) is 0 Å². The van der Waals surface area contributed by atoms with Gasteiger partial charge in [0, 0.05) is 12.4 Å². The zero-order valence-corrected chi connectivity index (χ0v) is 7.37. The molecule has 1 aliphatic heterocycles. The molecule has 0 saturated carbocycles. The molecule has 0 atom stereocenters. The average Bonchev–Trinajstić information content (AvgIpc) is 2.24. The van der Waals surface area contributed by atoms with E-state index in [1.807, 2.05) is 18.2 Å². The van der Waals surface area contributed by atoms with Gasteiger partial charge in [-0.25, -0.2) is 0 Å². The van der Waals surface area contributed by atoms with E-state index in [1.165, 1.54) is 32.4 Å². The van der Waals surface area contributed by atoms with Gasteiger partial charge in [-0.05, 0) is 38.1 Å². The third-order valence-electron chi connectivity index (χ3n) is 1.77. The van der Waals surface area contributed by atoms with Crippen LogP contribution in [0.1, 0.15) is 19.3 Å². The topological polar surface area (TPSA) is 24.9 Å². The molecule has 3 heteroatoms. The van der Waals surface area contributed by atoms with Crippen LogP contribution in [0.5, 0.6) is 0 Å². The van der Waals surface area contributed by atoms with Crippen LogP contribution in [0, 0.1) is 0 Å². The van der Waals surface area contributed by atoms with Crippen LogP contribution in [-0.2, 0) is 0 Å². The second-order valence-electron chi connectivity index (χ2n) is 2.84. The van der Waals surface area contributed by atoms with E-state index < -0.39 is 0 Å². The number of rotatable bonds is 0. The fourth-order valence-electron chi connectivity index (χ4n) is 1.11. The summed E-state index contributed by atoms with van der Waals surface area (Å²) in [7, 11) is 0. The van der Waals surface area contributed by atoms with Crippen molar-refractivity contribution in [2.75, 3.05) is 13.1 Å². The molecule has 72 valence electrons. The molecule has 1 fully saturated rings. The van der Waals surface area contributed by atoms with Crippen molar-refractivity contribution in [2.24, 2.45) is 0 Å². The summed E-state index contributed by atoms with van der Waals surface area (Å²) in [5, 5.41) is 3.28. The summed E-state index contributed by atoms with van der Waals surface area (Å²) in [5.74, 6) is 0. The molecule has 1 saturated heterocycles. The maximum Gasteiger partial charge on any atom is 0.0814 e. The van der Waals surface area contributed by atoms with Gasteiger partial charge in [-0.3, -0.25) is 4.98 Å². The smallest absolute Gasteiger partial charge is 0.0814 e. The third-order valence-corrected chi connectivity index (χ3v) is 1.77. The molecule has 0 aromatic carbocycles. The van der Waals surface area contributed by atoms with Crippen LogP contribution < -0.4 is 5.32 Å². The largest absolute Gasteiger partial charge is 0.317 e. The summed E-state index contributed by atoms with van der Waals surface area (Å²) in [6.07, 6.45) is 7.72. The van der Waals surface area contributed by atoms with Crippen molar-refractivity contribution in [3.63, 3.8) is 0 Å². The zero-order chi connectivity index (χ0) is 8.49. The van der Waals surface area contributed by atoms with Crippen LogP contribution in [0.15, 0.2) is 30.6 Å². The number of hydrogen-bond donors (Lipinski definition) is 1. The van der Waals surface area contributed by atoms with Gasteiger partial charge in [0.2, 0.25) is 0 Å². The summed E-state index contributed by atoms with van der Waals surface area (Å²) in [4.78, 5) is 3.78. The highest BCUT2D eigenvalue weighted by atomic mass is 14.9. The number of hydrogen-bond acceptors (Lipinski definition) is 2. The van der Waals surface area contributed by atoms with Gasteiger partial charge in [-0.15, -0.1) is 0 Å². The van der Waals surface area contributed by atoms with Crippen molar-refractivity contribution < 1.29 is 0 Å². The normalized spacial score (nSPS) is 14.8. The van der Waals surface area contributed by atoms with Crippen molar-refractivity contribution in [1.29, 1.82) is 0 Å². The van der Waals surface area contributed by atoms with E-state index in [4.69, 9.17) is 0 Å². The number of piperidine rings is 1. The van der Waals surface area contributed by atoms with Crippen molar-refractivity contribution >= 4 is 8.41 Å². The second kappa shape index (κ2) is 9.26. The van der Waals surface area contributed by atoms with Crippen LogP contribution in [0.3, 0.4) is 0 Å². The van der Waals surface area contributed by atoms with Gasteiger partial charge < -0.3 is 5.32 Å². The molecular weight excluding hydrogens is 159 g/mol. The first-order chi connectivity index (χ1) is 6.00. The van der Waals surface area contributed by atoms with Gasteiger partial charge in [-0.2, -0.15) is 0 Å². The Morgan fingerprint density at radius 1 is 0.846 bits per heavy atom. The maximum atomic E-state index is 3.78. The lowest BCUT2D eigenvalue weighted by Gasteiger charge is -2.08. The zero-order valence-electron chi connectivity index (χ0n) is 7.37. The quantitative estimate of drug-likeness (QED) is 0.590. The SMILES string of the molecule is B.C1CCNCC1.c1ccncc1. The van der Waals surface area contributed by atoms with Gasteiger partial charge in [0.05, 0.1) is 8.41 Å². The third kappa shape index (κ3) is 7.53. The lowest BCUT2D eigenvalue weighted by molar-refractivity contribution is 0.520. The molecule has 1 N–H and O–H groups in total. The number of pyridine rings is 1. The predicted molar refractivity (Wildman–Crippen MR) is 60.9 cm³/mol. The average molecular weight is 178 g/mol. The van der Waals surface area contributed by atoms with Crippen molar-refractivity contribution in [2.45, 2.75) is 19.3 Å². The summed E-state index contributed by atoms with van der Waals surface area (Å²) in [6, 6.07) is 5.72. The van der Waals surface area contributed by atoms with Crippen molar-refractivity contribution in [1.82, 2.24) is 10.3 Å². The summed E-state index contributed by atoms with van der Waals surface area (Å²) < 4.78 is 0. The van der Waals surface area contributed by atoms with E-state index in [0.29, 0.717) is 0 Å². The molecule has 1 aromatic rings. The highest BCUT2D eigenvalue weighted by Gasteiger charge is 1.93. The Hall–Kier alpha value is -0.825. The van der Waals surface area contributed by atoms with Crippen molar-refractivity contribution in [3.05, 3.63) is 30.6 Å². The molecule has 1 aliphatic rings. The number of nitrogens with zero attached hydrogens (tertiary/aromatic N) is 1. The lowest BCUT2D eigenvalue weighted by Crippen LogP contribution is -2.21. The molecule has 0 radical (unpaired) electrons. The van der Waals surface area contributed by atoms with Gasteiger partial charge >= 0.3 is 0 Å². The Morgan fingerprint density at radius 2 is 1.46 bits per heavy atom. The monoisotopic (exact) mass is 178 g/mol. The van der Waals surface area contributed by atoms with Crippen LogP contribution in [-0.4, -0.2) is 26.5 Å². The highest BCUT2D eigenvalue weighted by Crippen LogP contribution is 1.96. The van der Waals surface area contributed by atoms with E-state index in [2.05, 4.69) is 10.3 Å². The Bertz CT molecular complexity index is 137. The highest BCUT2D eigenvalue weighted by molar-refractivity contribution is 5.75. The molecule has 13 heavy (non-hydrogen) atoms. The summed E-state index contributed by atoms with van der Waals surface area (Å²) in [5.41, 5.74) is 0. The Labute approximate surface area is 82.3 Å². The van der Waals surface area contributed by atoms with Crippen molar-refractivity contribution in [3.8, 4) is 0 Å². The molecule has 2 heterocycles. The molecule has 0 amide bonds. The van der Waals surface area contributed by atoms with Gasteiger partial charge in [-0.1, -0.05) is 12.5 Å². The van der Waals surface area contributed by atoms with E-state index >= 15 is 0 Å². The maximum absolute atomic E-state index is 3.78. The van der Waals surface area contributed by atoms with E-state index in [-0.39, 0.29) is 8.41 Å². The molecular formula is C10H19BN2. The van der Waals surface area contributed by atoms with Gasteiger partial charge in [0.25, 0.3) is 0 Å². The van der Waals surface area contributed by atoms with Crippen LogP contribution >= 0.6 is 0 Å². The fourth-order valence-corrected chi connectivity index (χ4v) is 1.11. The summed E-state index contributed by atoms with van der Waals surface area (Å²) >= 11 is 0. The molecule has 0 bridgehead atoms. The number of nitrogens with one attached hydrogen (secondary N) is 1. The molecule has 0 unspecified atom stereocenters. The second-order valence-corrected chi connectivity index (χ2v) is 2.84. The van der Waals surface area contributed by atoms with E-state index in [9.17, 15) is 0 Å². The Kier molecular flexibility index (Phi) is 8.68. The first-order valence-corrected chi connectivity index (χ1v) is 4.56. The molecule has 0 spiro atoms. The number of aromatic nitrogens is 1. The standard InChI is InChI=1S/C5H11N.C5H5N.BH3/c2*1-2-4-6-5-3-1;/h6H,1-5H2;1-5H;1H3. The minimum atomic E-state index is 0. The van der Waals surface area contributed by atoms with Gasteiger partial charge in [0.1, 0.15) is 0 Å². The first kappa shape index (κ1) is 12.2. The van der Waals surface area contributed by atoms with Crippen LogP contribution in [0.4, 0.5) is 0 Å². The van der Waals surface area contributed by atoms with E-state index in [0.717, 1.165) is 0 Å². The molecule has 0 aliphatic carbocycles. The minimum Gasteiger partial charge on any atom is -0.317 e. The lowest BCUT2D eigenvalue weighted by atomic mass is 10.2. The minimum absolute atomic E-state index is 0. The van der Waals surface area contributed by atoms with E-state index in [1.54, 1.807) is 12.4 Å². The molecule has 1 aromatic heterocycles. The fraction of sp³-hybridized carbons (Fsp3) is 0.500. The molecule has 2 rings (SSSR count). The predicted octanol–water partition coefficient (Wildman–Crippen LogP) is 0.658. The van der Waals surface area contributed by atoms with Crippen LogP contribution in [0.2, 0.25) is 0 Å².